The molecule has 0 spiro atoms. The molecular weight excluding hydrogens is 308 g/mol. The Hall–Kier alpha value is -3.32. The fourth-order valence-corrected chi connectivity index (χ4v) is 2.08. The number of carbonyl (C=O) groups is 1. The quantitative estimate of drug-likeness (QED) is 0.459. The van der Waals surface area contributed by atoms with Crippen LogP contribution in [0.3, 0.4) is 0 Å². The molecule has 0 aliphatic rings. The lowest BCUT2D eigenvalue weighted by Crippen LogP contribution is -2.06. The first kappa shape index (κ1) is 17.0. The Morgan fingerprint density at radius 1 is 1.46 bits per heavy atom. The van der Waals surface area contributed by atoms with Crippen LogP contribution in [-0.2, 0) is 16.1 Å². The average molecular weight is 324 g/mol. The number of furan rings is 1. The lowest BCUT2D eigenvalue weighted by molar-refractivity contribution is -0.137. The molecule has 24 heavy (non-hydrogen) atoms. The number of aromatic nitrogens is 2. The number of hydrogen-bond acceptors (Lipinski definition) is 6. The van der Waals surface area contributed by atoms with Gasteiger partial charge in [0, 0.05) is 11.8 Å². The van der Waals surface area contributed by atoms with Gasteiger partial charge in [0.05, 0.1) is 25.6 Å². The van der Waals surface area contributed by atoms with Crippen LogP contribution in [0.1, 0.15) is 24.7 Å². The molecule has 0 bridgehead atoms. The Morgan fingerprint density at radius 2 is 2.25 bits per heavy atom. The molecule has 7 heteroatoms. The van der Waals surface area contributed by atoms with Gasteiger partial charge in [-0.2, -0.15) is 15.6 Å². The van der Waals surface area contributed by atoms with Crippen molar-refractivity contribution in [3.63, 3.8) is 0 Å². The van der Waals surface area contributed by atoms with Crippen molar-refractivity contribution in [2.45, 2.75) is 26.8 Å². The maximum atomic E-state index is 11.8. The standard InChI is InChI=1S/C17H16N4O3/c1-3-23-17(22)13(10-19)9-14-11-21(8-4-7-18)20-16(14)15-6-5-12(2)24-15/h5-6,9,11H,3-4,8H2,1-2H3/b13-9-. The molecule has 0 fully saturated rings. The van der Waals surface area contributed by atoms with E-state index in [1.807, 2.05) is 19.1 Å². The summed E-state index contributed by atoms with van der Waals surface area (Å²) in [4.78, 5) is 11.8. The Labute approximate surface area is 139 Å². The van der Waals surface area contributed by atoms with Crippen LogP contribution in [0.15, 0.2) is 28.3 Å². The zero-order valence-corrected chi connectivity index (χ0v) is 13.4. The van der Waals surface area contributed by atoms with E-state index in [2.05, 4.69) is 5.10 Å². The minimum atomic E-state index is -0.689. The van der Waals surface area contributed by atoms with E-state index in [4.69, 9.17) is 14.4 Å². The van der Waals surface area contributed by atoms with Crippen LogP contribution in [0.4, 0.5) is 0 Å². The molecular formula is C17H16N4O3. The zero-order valence-electron chi connectivity index (χ0n) is 13.4. The molecule has 2 heterocycles. The molecule has 0 aliphatic heterocycles. The van der Waals surface area contributed by atoms with Crippen molar-refractivity contribution in [2.75, 3.05) is 6.61 Å². The molecule has 2 aromatic heterocycles. The first-order valence-corrected chi connectivity index (χ1v) is 7.39. The Bertz CT molecular complexity index is 846. The predicted octanol–water partition coefficient (Wildman–Crippen LogP) is 2.84. The van der Waals surface area contributed by atoms with E-state index < -0.39 is 5.97 Å². The molecule has 0 aliphatic carbocycles. The summed E-state index contributed by atoms with van der Waals surface area (Å²) in [6, 6.07) is 7.45. The lowest BCUT2D eigenvalue weighted by Gasteiger charge is -1.99. The summed E-state index contributed by atoms with van der Waals surface area (Å²) in [5, 5.41) is 22.3. The number of ether oxygens (including phenoxy) is 1. The highest BCUT2D eigenvalue weighted by molar-refractivity contribution is 5.98. The molecule has 0 radical (unpaired) electrons. The van der Waals surface area contributed by atoms with E-state index >= 15 is 0 Å². The first-order chi connectivity index (χ1) is 11.6. The van der Waals surface area contributed by atoms with E-state index in [0.29, 0.717) is 30.0 Å². The van der Waals surface area contributed by atoms with Crippen LogP contribution in [0.2, 0.25) is 0 Å². The van der Waals surface area contributed by atoms with Gasteiger partial charge in [-0.15, -0.1) is 0 Å². The summed E-state index contributed by atoms with van der Waals surface area (Å²) in [5.74, 6) is 0.555. The summed E-state index contributed by atoms with van der Waals surface area (Å²) in [5.41, 5.74) is 0.922. The fraction of sp³-hybridized carbons (Fsp3) is 0.294. The normalized spacial score (nSPS) is 10.9. The lowest BCUT2D eigenvalue weighted by atomic mass is 10.1. The van der Waals surface area contributed by atoms with E-state index in [0.717, 1.165) is 5.76 Å². The number of aryl methyl sites for hydroxylation is 2. The van der Waals surface area contributed by atoms with Gasteiger partial charge in [-0.25, -0.2) is 4.79 Å². The second-order valence-corrected chi connectivity index (χ2v) is 4.90. The highest BCUT2D eigenvalue weighted by atomic mass is 16.5. The van der Waals surface area contributed by atoms with Crippen LogP contribution in [0.25, 0.3) is 17.5 Å². The maximum absolute atomic E-state index is 11.8. The van der Waals surface area contributed by atoms with Crippen molar-refractivity contribution in [3.05, 3.63) is 35.2 Å². The van der Waals surface area contributed by atoms with Gasteiger partial charge < -0.3 is 9.15 Å². The van der Waals surface area contributed by atoms with Crippen LogP contribution in [0.5, 0.6) is 0 Å². The van der Waals surface area contributed by atoms with E-state index in [1.165, 1.54) is 6.08 Å². The maximum Gasteiger partial charge on any atom is 0.348 e. The average Bonchev–Trinajstić information content (AvgIpc) is 3.16. The Kier molecular flexibility index (Phi) is 5.54. The van der Waals surface area contributed by atoms with Crippen molar-refractivity contribution in [3.8, 4) is 23.6 Å². The zero-order chi connectivity index (χ0) is 17.5. The minimum absolute atomic E-state index is 0.124. The van der Waals surface area contributed by atoms with Gasteiger partial charge in [0.2, 0.25) is 0 Å². The molecule has 0 saturated heterocycles. The Morgan fingerprint density at radius 3 is 2.83 bits per heavy atom. The molecule has 0 aromatic carbocycles. The second-order valence-electron chi connectivity index (χ2n) is 4.90. The van der Waals surface area contributed by atoms with Gasteiger partial charge in [0.25, 0.3) is 0 Å². The molecule has 2 rings (SSSR count). The van der Waals surface area contributed by atoms with Crippen molar-refractivity contribution in [1.82, 2.24) is 9.78 Å². The first-order valence-electron chi connectivity index (χ1n) is 7.39. The third-order valence-corrected chi connectivity index (χ3v) is 3.13. The highest BCUT2D eigenvalue weighted by Gasteiger charge is 2.16. The predicted molar refractivity (Wildman–Crippen MR) is 85.1 cm³/mol. The van der Waals surface area contributed by atoms with Crippen molar-refractivity contribution < 1.29 is 13.9 Å². The van der Waals surface area contributed by atoms with Crippen molar-refractivity contribution in [2.24, 2.45) is 0 Å². The number of carbonyl (C=O) groups excluding carboxylic acids is 1. The Balaban J connectivity index is 2.47. The topological polar surface area (TPSA) is 105 Å². The third kappa shape index (κ3) is 3.90. The summed E-state index contributed by atoms with van der Waals surface area (Å²) >= 11 is 0. The number of nitrogens with zero attached hydrogens (tertiary/aromatic N) is 4. The van der Waals surface area contributed by atoms with Crippen LogP contribution in [-0.4, -0.2) is 22.4 Å². The van der Waals surface area contributed by atoms with E-state index in [1.54, 1.807) is 29.9 Å². The van der Waals surface area contributed by atoms with Gasteiger partial charge in [-0.1, -0.05) is 0 Å². The monoisotopic (exact) mass is 324 g/mol. The van der Waals surface area contributed by atoms with E-state index in [-0.39, 0.29) is 12.2 Å². The minimum Gasteiger partial charge on any atom is -0.462 e. The number of rotatable bonds is 6. The smallest absolute Gasteiger partial charge is 0.348 e. The fourth-order valence-electron chi connectivity index (χ4n) is 2.08. The summed E-state index contributed by atoms with van der Waals surface area (Å²) in [7, 11) is 0. The highest BCUT2D eigenvalue weighted by Crippen LogP contribution is 2.26. The second kappa shape index (κ2) is 7.80. The molecule has 0 atom stereocenters. The molecule has 0 unspecified atom stereocenters. The molecule has 122 valence electrons. The van der Waals surface area contributed by atoms with Crippen molar-refractivity contribution in [1.29, 1.82) is 10.5 Å². The van der Waals surface area contributed by atoms with E-state index in [9.17, 15) is 10.1 Å². The molecule has 0 N–H and O–H groups in total. The van der Waals surface area contributed by atoms with Crippen LogP contribution >= 0.6 is 0 Å². The largest absolute Gasteiger partial charge is 0.462 e. The SMILES string of the molecule is CCOC(=O)/C(C#N)=C\c1cn(CCC#N)nc1-c1ccc(C)o1. The number of esters is 1. The summed E-state index contributed by atoms with van der Waals surface area (Å²) < 4.78 is 12.0. The number of hydrogen-bond donors (Lipinski definition) is 0. The van der Waals surface area contributed by atoms with Gasteiger partial charge >= 0.3 is 5.97 Å². The molecule has 2 aromatic rings. The summed E-state index contributed by atoms with van der Waals surface area (Å²) in [6.45, 7) is 4.07. The molecule has 0 saturated carbocycles. The van der Waals surface area contributed by atoms with Gasteiger partial charge in [-0.05, 0) is 32.1 Å². The van der Waals surface area contributed by atoms with Gasteiger partial charge in [0.1, 0.15) is 23.1 Å². The molecule has 7 nitrogen and oxygen atoms in total. The van der Waals surface area contributed by atoms with Gasteiger partial charge in [-0.3, -0.25) is 4.68 Å². The van der Waals surface area contributed by atoms with Crippen LogP contribution < -0.4 is 0 Å². The van der Waals surface area contributed by atoms with Crippen molar-refractivity contribution >= 4 is 12.0 Å². The number of nitriles is 2. The van der Waals surface area contributed by atoms with Gasteiger partial charge in [0.15, 0.2) is 5.76 Å². The molecule has 0 amide bonds. The third-order valence-electron chi connectivity index (χ3n) is 3.13. The van der Waals surface area contributed by atoms with Crippen LogP contribution in [0, 0.1) is 29.6 Å². The summed E-state index contributed by atoms with van der Waals surface area (Å²) in [6.07, 6.45) is 3.38.